The lowest BCUT2D eigenvalue weighted by Gasteiger charge is -2.45. The molecule has 0 spiro atoms. The lowest BCUT2D eigenvalue weighted by molar-refractivity contribution is -0.134. The third kappa shape index (κ3) is 9.84. The van der Waals surface area contributed by atoms with Crippen LogP contribution in [0.25, 0.3) is 5.70 Å². The van der Waals surface area contributed by atoms with Gasteiger partial charge in [-0.3, -0.25) is 9.79 Å². The summed E-state index contributed by atoms with van der Waals surface area (Å²) >= 11 is 0. The van der Waals surface area contributed by atoms with Gasteiger partial charge in [0.1, 0.15) is 29.5 Å². The van der Waals surface area contributed by atoms with Crippen molar-refractivity contribution in [2.24, 2.45) is 27.3 Å². The van der Waals surface area contributed by atoms with E-state index in [-0.39, 0.29) is 24.0 Å². The minimum absolute atomic E-state index is 0.0385. The van der Waals surface area contributed by atoms with Crippen molar-refractivity contribution in [2.45, 2.75) is 120 Å². The Hall–Kier alpha value is -3.04. The van der Waals surface area contributed by atoms with E-state index >= 15 is 0 Å². The monoisotopic (exact) mass is 727 g/mol. The predicted octanol–water partition coefficient (Wildman–Crippen LogP) is 4.78. The third-order valence-electron chi connectivity index (χ3n) is 10.1. The Kier molecular flexibility index (Phi) is 15.1. The number of benzene rings is 1. The number of hydrazine groups is 1. The van der Waals surface area contributed by atoms with E-state index in [2.05, 4.69) is 35.8 Å². The van der Waals surface area contributed by atoms with Gasteiger partial charge in [-0.15, -0.1) is 0 Å². The minimum atomic E-state index is -0.410. The molecule has 276 valence electrons. The summed E-state index contributed by atoms with van der Waals surface area (Å²) in [5.41, 5.74) is 14.9. The Morgan fingerprint density at radius 2 is 1.90 bits per heavy atom. The molecule has 4 atom stereocenters. The number of amidine groups is 1. The number of likely N-dealkylation sites (N-methyl/N-ethyl adjacent to an activating group) is 1. The van der Waals surface area contributed by atoms with E-state index in [0.29, 0.717) is 58.2 Å². The van der Waals surface area contributed by atoms with Crippen molar-refractivity contribution >= 4 is 57.7 Å². The molecule has 50 heavy (non-hydrogen) atoms. The molecule has 3 fully saturated rings. The largest absolute Gasteiger partial charge is 0.494 e. The summed E-state index contributed by atoms with van der Waals surface area (Å²) in [6.45, 7) is 10.1. The number of piperazine rings is 1. The Labute approximate surface area is 306 Å². The minimum Gasteiger partial charge on any atom is -0.494 e. The molecule has 2 saturated carbocycles. The highest BCUT2D eigenvalue weighted by Crippen LogP contribution is 2.37. The lowest BCUT2D eigenvalue weighted by Crippen LogP contribution is -2.60. The summed E-state index contributed by atoms with van der Waals surface area (Å²) < 4.78 is 5.84. The van der Waals surface area contributed by atoms with Gasteiger partial charge in [0.05, 0.1) is 25.0 Å². The number of hydrogen-bond donors (Lipinski definition) is 4. The second-order valence-electron chi connectivity index (χ2n) is 13.6. The molecule has 0 bridgehead atoms. The van der Waals surface area contributed by atoms with Gasteiger partial charge in [0.25, 0.3) is 0 Å². The van der Waals surface area contributed by atoms with Gasteiger partial charge in [-0.25, -0.2) is 10.8 Å². The normalized spacial score (nSPS) is 25.5. The van der Waals surface area contributed by atoms with Crippen LogP contribution in [-0.4, -0.2) is 101 Å². The van der Waals surface area contributed by atoms with Crippen molar-refractivity contribution in [3.05, 3.63) is 41.9 Å². The molecule has 1 aromatic rings. The molecular weight excluding hydrogens is 671 g/mol. The molecule has 1 saturated heterocycles. The van der Waals surface area contributed by atoms with Crippen LogP contribution in [0, 0.1) is 0 Å². The third-order valence-corrected chi connectivity index (χ3v) is 13.2. The number of rotatable bonds is 16. The second kappa shape index (κ2) is 19.0. The summed E-state index contributed by atoms with van der Waals surface area (Å²) in [6, 6.07) is 6.17. The van der Waals surface area contributed by atoms with E-state index in [1.807, 2.05) is 31.3 Å². The van der Waals surface area contributed by atoms with E-state index in [1.54, 1.807) is 51.9 Å². The number of aliphatic imine (C=N–C) groups is 2. The molecule has 3 aliphatic rings. The van der Waals surface area contributed by atoms with Crippen molar-refractivity contribution in [1.82, 2.24) is 20.1 Å². The highest BCUT2D eigenvalue weighted by Gasteiger charge is 2.43. The lowest BCUT2D eigenvalue weighted by atomic mass is 9.90. The van der Waals surface area contributed by atoms with Crippen LogP contribution in [0.5, 0.6) is 5.75 Å². The molecule has 7 N–H and O–H groups in total. The van der Waals surface area contributed by atoms with Gasteiger partial charge in [-0.05, 0) is 70.7 Å². The maximum absolute atomic E-state index is 13.4. The average molecular weight is 728 g/mol. The topological polar surface area (TPSA) is 168 Å². The van der Waals surface area contributed by atoms with Crippen molar-refractivity contribution in [2.75, 3.05) is 19.9 Å². The van der Waals surface area contributed by atoms with E-state index in [1.165, 1.54) is 0 Å². The molecule has 14 heteroatoms. The van der Waals surface area contributed by atoms with Gasteiger partial charge >= 0.3 is 0 Å². The van der Waals surface area contributed by atoms with E-state index < -0.39 is 6.04 Å². The summed E-state index contributed by atoms with van der Waals surface area (Å²) in [5, 5.41) is 5.92. The smallest absolute Gasteiger partial charge is 0.249 e. The number of aldehydes is 1. The van der Waals surface area contributed by atoms with E-state index in [4.69, 9.17) is 27.0 Å². The molecule has 1 aliphatic heterocycles. The first-order valence-corrected chi connectivity index (χ1v) is 20.2. The zero-order valence-corrected chi connectivity index (χ0v) is 31.9. The van der Waals surface area contributed by atoms with Crippen LogP contribution in [-0.2, 0) is 9.59 Å². The first kappa shape index (κ1) is 39.7. The predicted molar refractivity (Wildman–Crippen MR) is 209 cm³/mol. The van der Waals surface area contributed by atoms with E-state index in [0.717, 1.165) is 63.2 Å². The Balaban J connectivity index is 1.45. The fourth-order valence-electron chi connectivity index (χ4n) is 7.02. The fourth-order valence-corrected chi connectivity index (χ4v) is 9.64. The van der Waals surface area contributed by atoms with Crippen LogP contribution < -0.4 is 27.4 Å². The molecule has 2 aliphatic carbocycles. The van der Waals surface area contributed by atoms with Gasteiger partial charge in [-0.2, -0.15) is 0 Å². The SMILES string of the molecule is C=N/C=C1\C(=N/c2ccc(/C(N)=C/N(N)[C@H]3CC[C@@H](NC(C)C(C)SSCC(N)C=O)CC3)cc2OC)N(C2CCCC2)C(CC)C(=O)N1C. The number of hydrogen-bond acceptors (Lipinski definition) is 12. The molecule has 1 aromatic carbocycles. The van der Waals surface area contributed by atoms with Crippen molar-refractivity contribution in [3.8, 4) is 5.75 Å². The second-order valence-corrected chi connectivity index (χ2v) is 16.4. The molecule has 1 heterocycles. The number of nitrogens with one attached hydrogen (secondary N) is 1. The van der Waals surface area contributed by atoms with Crippen LogP contribution in [0.3, 0.4) is 0 Å². The fraction of sp³-hybridized carbons (Fsp3) is 0.611. The molecule has 1 amide bonds. The maximum Gasteiger partial charge on any atom is 0.249 e. The Bertz CT molecular complexity index is 1410. The molecule has 4 unspecified atom stereocenters. The Morgan fingerprint density at radius 1 is 1.20 bits per heavy atom. The van der Waals surface area contributed by atoms with Gasteiger partial charge in [0.2, 0.25) is 5.91 Å². The number of ether oxygens (including phenoxy) is 1. The van der Waals surface area contributed by atoms with Crippen molar-refractivity contribution in [3.63, 3.8) is 0 Å². The molecule has 0 radical (unpaired) electrons. The van der Waals surface area contributed by atoms with Crippen LogP contribution in [0.15, 0.2) is 46.3 Å². The standard InChI is InChI=1S/C36H57N9O3S2/c1-7-32-36(47)43(5)33(19-40-4)35(45(32)29-10-8-9-11-29)42-31-17-12-25(18-34(31)48-6)30(38)20-44(39)28-15-13-27(14-16-28)41-23(2)24(3)50-49-22-26(37)21-46/h12,17-21,23-24,26-29,32,41H,4,7-11,13-16,22,37-39H2,1-3,5-6H3/b30-20-,33-19+,42-35+/t23?,24?,26?,27-,28+,32?. The molecule has 4 rings (SSSR count). The molecule has 0 aromatic heterocycles. The highest BCUT2D eigenvalue weighted by molar-refractivity contribution is 8.77. The number of methoxy groups -OCH3 is 1. The number of amides is 1. The quantitative estimate of drug-likeness (QED) is 0.0608. The van der Waals surface area contributed by atoms with Gasteiger partial charge in [-0.1, -0.05) is 54.3 Å². The van der Waals surface area contributed by atoms with Crippen LogP contribution in [0.1, 0.15) is 84.1 Å². The number of carbonyl (C=O) groups excluding carboxylic acids is 2. The number of nitrogens with two attached hydrogens (primary N) is 3. The van der Waals surface area contributed by atoms with Crippen LogP contribution in [0.4, 0.5) is 5.69 Å². The summed E-state index contributed by atoms with van der Waals surface area (Å²) in [4.78, 5) is 37.2. The zero-order chi connectivity index (χ0) is 36.4. The summed E-state index contributed by atoms with van der Waals surface area (Å²) in [5.74, 6) is 8.50. The average Bonchev–Trinajstić information content (AvgIpc) is 3.66. The van der Waals surface area contributed by atoms with E-state index in [9.17, 15) is 9.59 Å². The van der Waals surface area contributed by atoms with Gasteiger partial charge in [0, 0.05) is 54.0 Å². The first-order valence-electron chi connectivity index (χ1n) is 17.8. The van der Waals surface area contributed by atoms with Crippen LogP contribution >= 0.6 is 21.6 Å². The van der Waals surface area contributed by atoms with Crippen molar-refractivity contribution < 1.29 is 14.3 Å². The highest BCUT2D eigenvalue weighted by atomic mass is 33.1. The number of nitrogens with zero attached hydrogens (tertiary/aromatic N) is 5. The van der Waals surface area contributed by atoms with Gasteiger partial charge < -0.3 is 41.1 Å². The maximum atomic E-state index is 13.4. The summed E-state index contributed by atoms with van der Waals surface area (Å²) in [6.07, 6.45) is 13.2. The van der Waals surface area contributed by atoms with Crippen molar-refractivity contribution in [1.29, 1.82) is 0 Å². The summed E-state index contributed by atoms with van der Waals surface area (Å²) in [7, 11) is 6.82. The zero-order valence-electron chi connectivity index (χ0n) is 30.3. The molecular formula is C36H57N9O3S2. The number of carbonyl (C=O) groups is 2. The van der Waals surface area contributed by atoms with Crippen LogP contribution in [0.2, 0.25) is 0 Å². The molecule has 12 nitrogen and oxygen atoms in total. The first-order chi connectivity index (χ1) is 24.0. The van der Waals surface area contributed by atoms with Gasteiger partial charge in [0.15, 0.2) is 5.84 Å². The Morgan fingerprint density at radius 3 is 2.52 bits per heavy atom.